The molecule has 1 atom stereocenters. The van der Waals surface area contributed by atoms with Crippen LogP contribution in [0.3, 0.4) is 0 Å². The van der Waals surface area contributed by atoms with Gasteiger partial charge in [0.25, 0.3) is 17.7 Å². The SMILES string of the molecule is O=C1CCC(N2C(=O)c3ccc(OCCN4CCN(CN5CCN(Cc6ccc7c(c6)nc(NC(=O)c6cccc(C(F)(F)F)c6)n7C6CCC(CO)CC6)CC5)CC4)cc3C2=O)C(=O)N1. The molecule has 9 rings (SSSR count). The summed E-state index contributed by atoms with van der Waals surface area (Å²) >= 11 is 0. The van der Waals surface area contributed by atoms with Gasteiger partial charge in [-0.1, -0.05) is 12.1 Å². The number of piperidine rings is 1. The number of fused-ring (bicyclic) bond motifs is 2. The van der Waals surface area contributed by atoms with Crippen LogP contribution >= 0.6 is 0 Å². The summed E-state index contributed by atoms with van der Waals surface area (Å²) in [4.78, 5) is 79.0. The van der Waals surface area contributed by atoms with Gasteiger partial charge in [0.1, 0.15) is 18.4 Å². The molecule has 1 saturated carbocycles. The molecule has 0 spiro atoms. The van der Waals surface area contributed by atoms with E-state index in [0.717, 1.165) is 119 Å². The normalized spacial score (nSPS) is 22.8. The first-order valence-corrected chi connectivity index (χ1v) is 22.8. The summed E-state index contributed by atoms with van der Waals surface area (Å²) in [6.45, 7) is 10.1. The number of aromatic nitrogens is 2. The maximum absolute atomic E-state index is 13.5. The Hall–Kier alpha value is -5.73. The van der Waals surface area contributed by atoms with Crippen LogP contribution in [0, 0.1) is 5.92 Å². The second-order valence-corrected chi connectivity index (χ2v) is 18.0. The van der Waals surface area contributed by atoms with Crippen molar-refractivity contribution in [3.63, 3.8) is 0 Å². The van der Waals surface area contributed by atoms with Gasteiger partial charge in [0.2, 0.25) is 17.8 Å². The lowest BCUT2D eigenvalue weighted by Gasteiger charge is -2.40. The quantitative estimate of drug-likeness (QED) is 0.164. The Morgan fingerprint density at radius 2 is 1.50 bits per heavy atom. The molecule has 19 heteroatoms. The van der Waals surface area contributed by atoms with E-state index in [1.807, 2.05) is 16.7 Å². The van der Waals surface area contributed by atoms with Crippen molar-refractivity contribution in [1.82, 2.24) is 39.4 Å². The molecule has 0 radical (unpaired) electrons. The number of amides is 5. The van der Waals surface area contributed by atoms with E-state index in [9.17, 15) is 42.3 Å². The molecule has 1 aromatic heterocycles. The fourth-order valence-corrected chi connectivity index (χ4v) is 9.91. The van der Waals surface area contributed by atoms with Gasteiger partial charge in [-0.25, -0.2) is 4.98 Å². The van der Waals surface area contributed by atoms with Gasteiger partial charge < -0.3 is 14.4 Å². The molecule has 3 aromatic carbocycles. The summed E-state index contributed by atoms with van der Waals surface area (Å²) < 4.78 is 48.4. The average molecular weight is 914 g/mol. The van der Waals surface area contributed by atoms with Gasteiger partial charge in [-0.15, -0.1) is 0 Å². The highest BCUT2D eigenvalue weighted by atomic mass is 19.4. The number of ether oxygens (including phenoxy) is 1. The highest BCUT2D eigenvalue weighted by Gasteiger charge is 2.45. The number of alkyl halides is 3. The first-order chi connectivity index (χ1) is 31.8. The van der Waals surface area contributed by atoms with Gasteiger partial charge in [0.15, 0.2) is 0 Å². The largest absolute Gasteiger partial charge is 0.492 e. The number of carbonyl (C=O) groups is 5. The summed E-state index contributed by atoms with van der Waals surface area (Å²) in [6, 6.07) is 14.3. The number of halogens is 3. The highest BCUT2D eigenvalue weighted by Crippen LogP contribution is 2.38. The lowest BCUT2D eigenvalue weighted by Crippen LogP contribution is -2.54. The van der Waals surface area contributed by atoms with E-state index >= 15 is 0 Å². The van der Waals surface area contributed by atoms with Crippen LogP contribution in [0.4, 0.5) is 19.1 Å². The van der Waals surface area contributed by atoms with E-state index in [2.05, 4.69) is 36.3 Å². The molecule has 5 heterocycles. The standard InChI is InChI=1S/C47H54F3N9O7/c48-47(49,50)33-3-1-2-32(25-33)42(62)53-46-51-38-24-31(6-11-39(38)58(46)34-7-4-30(28-60)5-8-34)27-55-16-20-57(21-17-55)29-56-18-14-54(15-19-56)22-23-66-35-9-10-36-37(26-35)45(65)59(44(36)64)40-12-13-41(61)52-43(40)63/h1-3,6,9-11,24-26,30,34,40,60H,4-5,7-8,12-23,27-29H2,(H,51,53,62)(H,52,61,63). The summed E-state index contributed by atoms with van der Waals surface area (Å²) in [5.41, 5.74) is 2.05. The molecule has 350 valence electrons. The topological polar surface area (TPSA) is 173 Å². The predicted molar refractivity (Wildman–Crippen MR) is 236 cm³/mol. The van der Waals surface area contributed by atoms with Crippen molar-refractivity contribution in [1.29, 1.82) is 0 Å². The molecule has 0 bridgehead atoms. The summed E-state index contributed by atoms with van der Waals surface area (Å²) in [5, 5.41) is 14.8. The molecule has 4 aromatic rings. The number of imidazole rings is 1. The zero-order valence-corrected chi connectivity index (χ0v) is 36.6. The van der Waals surface area contributed by atoms with Crippen molar-refractivity contribution in [2.45, 2.75) is 63.3 Å². The summed E-state index contributed by atoms with van der Waals surface area (Å²) in [6.07, 6.45) is -1.20. The van der Waals surface area contributed by atoms with E-state index in [0.29, 0.717) is 30.4 Å². The molecular weight excluding hydrogens is 860 g/mol. The molecule has 5 aliphatic rings. The second kappa shape index (κ2) is 19.2. The Morgan fingerprint density at radius 1 is 0.803 bits per heavy atom. The number of hydrogen-bond acceptors (Lipinski definition) is 12. The molecule has 5 amide bonds. The molecular formula is C47H54F3N9O7. The second-order valence-electron chi connectivity index (χ2n) is 18.0. The van der Waals surface area contributed by atoms with Crippen LogP contribution < -0.4 is 15.4 Å². The number of benzene rings is 3. The molecule has 4 fully saturated rings. The minimum Gasteiger partial charge on any atom is -0.492 e. The number of nitrogens with one attached hydrogen (secondary N) is 2. The van der Waals surface area contributed by atoms with Gasteiger partial charge in [0, 0.05) is 90.1 Å². The Bertz CT molecular complexity index is 2490. The van der Waals surface area contributed by atoms with Crippen LogP contribution in [-0.2, 0) is 22.3 Å². The van der Waals surface area contributed by atoms with Gasteiger partial charge in [-0.3, -0.25) is 59.1 Å². The van der Waals surface area contributed by atoms with E-state index in [1.165, 1.54) is 12.1 Å². The zero-order chi connectivity index (χ0) is 46.1. The molecule has 3 saturated heterocycles. The Morgan fingerprint density at radius 3 is 2.20 bits per heavy atom. The van der Waals surface area contributed by atoms with Gasteiger partial charge in [-0.05, 0) is 92.1 Å². The molecule has 66 heavy (non-hydrogen) atoms. The molecule has 1 unspecified atom stereocenters. The van der Waals surface area contributed by atoms with Crippen molar-refractivity contribution >= 4 is 46.5 Å². The number of aliphatic hydroxyl groups excluding tert-OH is 1. The van der Waals surface area contributed by atoms with Crippen LogP contribution in [-0.4, -0.2) is 154 Å². The van der Waals surface area contributed by atoms with Gasteiger partial charge >= 0.3 is 6.18 Å². The van der Waals surface area contributed by atoms with Crippen LogP contribution in [0.1, 0.15) is 86.8 Å². The monoisotopic (exact) mass is 913 g/mol. The van der Waals surface area contributed by atoms with E-state index in [4.69, 9.17) is 9.72 Å². The Balaban J connectivity index is 0.738. The molecule has 4 aliphatic heterocycles. The third kappa shape index (κ3) is 9.85. The molecule has 16 nitrogen and oxygen atoms in total. The van der Waals surface area contributed by atoms with Crippen molar-refractivity contribution < 1.29 is 47.0 Å². The summed E-state index contributed by atoms with van der Waals surface area (Å²) in [7, 11) is 0. The third-order valence-electron chi connectivity index (χ3n) is 13.7. The van der Waals surface area contributed by atoms with Crippen LogP contribution in [0.2, 0.25) is 0 Å². The number of hydrogen-bond donors (Lipinski definition) is 3. The van der Waals surface area contributed by atoms with E-state index < -0.39 is 47.3 Å². The highest BCUT2D eigenvalue weighted by molar-refractivity contribution is 6.23. The fraction of sp³-hybridized carbons (Fsp3) is 0.489. The molecule has 3 N–H and O–H groups in total. The number of piperazine rings is 2. The Labute approximate surface area is 379 Å². The maximum Gasteiger partial charge on any atom is 0.416 e. The molecule has 1 aliphatic carbocycles. The average Bonchev–Trinajstić information content (AvgIpc) is 3.79. The van der Waals surface area contributed by atoms with E-state index in [1.54, 1.807) is 18.2 Å². The maximum atomic E-state index is 13.5. The van der Waals surface area contributed by atoms with Gasteiger partial charge in [0.05, 0.1) is 34.4 Å². The fourth-order valence-electron chi connectivity index (χ4n) is 9.91. The first-order valence-electron chi connectivity index (χ1n) is 22.8. The number of anilines is 1. The van der Waals surface area contributed by atoms with Gasteiger partial charge in [-0.2, -0.15) is 13.2 Å². The van der Waals surface area contributed by atoms with Crippen molar-refractivity contribution in [2.75, 3.05) is 84.1 Å². The van der Waals surface area contributed by atoms with Crippen LogP contribution in [0.15, 0.2) is 60.7 Å². The minimum absolute atomic E-state index is 0.0136. The smallest absolute Gasteiger partial charge is 0.416 e. The lowest BCUT2D eigenvalue weighted by atomic mass is 9.86. The van der Waals surface area contributed by atoms with Crippen LogP contribution in [0.25, 0.3) is 11.0 Å². The third-order valence-corrected chi connectivity index (χ3v) is 13.7. The zero-order valence-electron chi connectivity index (χ0n) is 36.6. The minimum atomic E-state index is -4.58. The number of imide groups is 2. The number of rotatable bonds is 13. The van der Waals surface area contributed by atoms with Crippen molar-refractivity contribution in [3.05, 3.63) is 88.5 Å². The number of nitrogens with zero attached hydrogens (tertiary/aromatic N) is 7. The van der Waals surface area contributed by atoms with E-state index in [-0.39, 0.29) is 48.1 Å². The lowest BCUT2D eigenvalue weighted by molar-refractivity contribution is -0.138. The van der Waals surface area contributed by atoms with Crippen molar-refractivity contribution in [2.24, 2.45) is 5.92 Å². The Kier molecular flexibility index (Phi) is 13.2. The number of aliphatic hydroxyl groups is 1. The van der Waals surface area contributed by atoms with Crippen LogP contribution in [0.5, 0.6) is 5.75 Å². The first kappa shape index (κ1) is 45.4. The van der Waals surface area contributed by atoms with Crippen molar-refractivity contribution in [3.8, 4) is 5.75 Å². The number of carbonyl (C=O) groups excluding carboxylic acids is 5. The predicted octanol–water partition coefficient (Wildman–Crippen LogP) is 4.20. The summed E-state index contributed by atoms with van der Waals surface area (Å²) in [5.74, 6) is -1.85.